The van der Waals surface area contributed by atoms with Crippen molar-refractivity contribution < 1.29 is 22.7 Å². The summed E-state index contributed by atoms with van der Waals surface area (Å²) < 4.78 is 46.5. The Hall–Kier alpha value is -3.50. The van der Waals surface area contributed by atoms with Crippen molar-refractivity contribution in [3.8, 4) is 11.7 Å². The number of hydrogen-bond acceptors (Lipinski definition) is 6. The summed E-state index contributed by atoms with van der Waals surface area (Å²) in [5, 5.41) is 11.0. The molecule has 0 atom stereocenters. The largest absolute Gasteiger partial charge is 0.480 e. The molecule has 0 aliphatic heterocycles. The van der Waals surface area contributed by atoms with Gasteiger partial charge in [0.2, 0.25) is 5.88 Å². The van der Waals surface area contributed by atoms with Crippen LogP contribution in [0.25, 0.3) is 5.82 Å². The Morgan fingerprint density at radius 1 is 1.21 bits per heavy atom. The van der Waals surface area contributed by atoms with Gasteiger partial charge in [0.25, 0.3) is 5.91 Å². The summed E-state index contributed by atoms with van der Waals surface area (Å²) in [6.07, 6.45) is -0.868. The molecule has 0 fully saturated rings. The lowest BCUT2D eigenvalue weighted by atomic mass is 10.2. The monoisotopic (exact) mass is 392 g/mol. The molecular weight excluding hydrogens is 377 g/mol. The third kappa shape index (κ3) is 3.92. The van der Waals surface area contributed by atoms with Crippen LogP contribution in [0.4, 0.5) is 13.2 Å². The van der Waals surface area contributed by atoms with Crippen molar-refractivity contribution in [3.63, 3.8) is 0 Å². The number of ether oxygens (including phenoxy) is 1. The zero-order valence-electron chi connectivity index (χ0n) is 14.9. The maximum atomic E-state index is 13.7. The molecule has 0 aliphatic carbocycles. The Morgan fingerprint density at radius 3 is 2.57 bits per heavy atom. The fourth-order valence-corrected chi connectivity index (χ4v) is 2.53. The molecule has 0 N–H and O–H groups in total. The van der Waals surface area contributed by atoms with E-state index in [-0.39, 0.29) is 18.2 Å². The fraction of sp³-hybridized carbons (Fsp3) is 0.235. The van der Waals surface area contributed by atoms with E-state index in [9.17, 15) is 18.0 Å². The molecule has 0 aromatic carbocycles. The number of aromatic nitrogens is 5. The van der Waals surface area contributed by atoms with E-state index in [1.807, 2.05) is 0 Å². The molecule has 3 aromatic heterocycles. The highest BCUT2D eigenvalue weighted by Crippen LogP contribution is 2.34. The number of methoxy groups -OCH3 is 1. The van der Waals surface area contributed by atoms with Crippen molar-refractivity contribution in [3.05, 3.63) is 59.7 Å². The SMILES string of the molecule is COc1ccc(-n2ncc(C(=O)N(C)Cc3cccnc3)c2C(F)(F)F)nn1. The standard InChI is InChI=1S/C17H15F3N6O2/c1-25(10-11-4-3-7-21-8-11)16(27)12-9-22-26(15(12)17(18,19)20)13-5-6-14(28-2)24-23-13/h3-9H,10H2,1-2H3. The van der Waals surface area contributed by atoms with Gasteiger partial charge < -0.3 is 9.64 Å². The van der Waals surface area contributed by atoms with Gasteiger partial charge in [0.05, 0.1) is 18.9 Å². The van der Waals surface area contributed by atoms with Crippen LogP contribution in [0.3, 0.4) is 0 Å². The van der Waals surface area contributed by atoms with E-state index in [1.54, 1.807) is 18.3 Å². The van der Waals surface area contributed by atoms with Crippen molar-refractivity contribution in [2.45, 2.75) is 12.7 Å². The van der Waals surface area contributed by atoms with Crippen molar-refractivity contribution in [1.82, 2.24) is 29.9 Å². The molecule has 0 saturated heterocycles. The summed E-state index contributed by atoms with van der Waals surface area (Å²) in [5.41, 5.74) is -1.13. The molecule has 0 unspecified atom stereocenters. The van der Waals surface area contributed by atoms with E-state index in [0.29, 0.717) is 10.2 Å². The summed E-state index contributed by atoms with van der Waals surface area (Å²) in [7, 11) is 2.76. The molecule has 28 heavy (non-hydrogen) atoms. The highest BCUT2D eigenvalue weighted by Gasteiger charge is 2.41. The molecule has 0 radical (unpaired) electrons. The van der Waals surface area contributed by atoms with Crippen molar-refractivity contribution in [2.75, 3.05) is 14.2 Å². The second-order valence-corrected chi connectivity index (χ2v) is 5.77. The van der Waals surface area contributed by atoms with Crippen LogP contribution in [0.1, 0.15) is 21.6 Å². The van der Waals surface area contributed by atoms with E-state index in [0.717, 1.165) is 11.1 Å². The minimum atomic E-state index is -4.84. The Morgan fingerprint density at radius 2 is 2.00 bits per heavy atom. The predicted octanol–water partition coefficient (Wildman–Crippen LogP) is 2.36. The van der Waals surface area contributed by atoms with E-state index < -0.39 is 23.3 Å². The molecule has 0 spiro atoms. The minimum Gasteiger partial charge on any atom is -0.480 e. The number of pyridine rings is 1. The highest BCUT2D eigenvalue weighted by molar-refractivity contribution is 5.95. The van der Waals surface area contributed by atoms with Gasteiger partial charge in [-0.25, -0.2) is 4.68 Å². The first-order valence-corrected chi connectivity index (χ1v) is 7.99. The summed E-state index contributed by atoms with van der Waals surface area (Å²) in [4.78, 5) is 17.7. The van der Waals surface area contributed by atoms with Crippen molar-refractivity contribution in [1.29, 1.82) is 0 Å². The van der Waals surface area contributed by atoms with Crippen LogP contribution in [0.5, 0.6) is 5.88 Å². The second kappa shape index (κ2) is 7.62. The number of halogens is 3. The molecule has 1 amide bonds. The molecule has 11 heteroatoms. The zero-order valence-corrected chi connectivity index (χ0v) is 14.9. The average Bonchev–Trinajstić information content (AvgIpc) is 3.14. The minimum absolute atomic E-state index is 0.0947. The van der Waals surface area contributed by atoms with E-state index >= 15 is 0 Å². The molecule has 8 nitrogen and oxygen atoms in total. The topological polar surface area (TPSA) is 86.0 Å². The number of hydrogen-bond donors (Lipinski definition) is 0. The van der Waals surface area contributed by atoms with Crippen LogP contribution in [-0.4, -0.2) is 49.9 Å². The Kier molecular flexibility index (Phi) is 5.25. The molecule has 146 valence electrons. The molecular formula is C17H15F3N6O2. The third-order valence-corrected chi connectivity index (χ3v) is 3.81. The lowest BCUT2D eigenvalue weighted by Crippen LogP contribution is -2.28. The zero-order chi connectivity index (χ0) is 20.3. The molecule has 3 heterocycles. The maximum absolute atomic E-state index is 13.7. The van der Waals surface area contributed by atoms with Gasteiger partial charge in [-0.1, -0.05) is 6.07 Å². The fourth-order valence-electron chi connectivity index (χ4n) is 2.53. The average molecular weight is 392 g/mol. The van der Waals surface area contributed by atoms with Gasteiger partial charge in [0.15, 0.2) is 11.5 Å². The van der Waals surface area contributed by atoms with Gasteiger partial charge in [0.1, 0.15) is 0 Å². The number of rotatable bonds is 5. The molecule has 3 aromatic rings. The maximum Gasteiger partial charge on any atom is 0.434 e. The Labute approximate surface area is 157 Å². The van der Waals surface area contributed by atoms with Crippen LogP contribution < -0.4 is 4.74 Å². The van der Waals surface area contributed by atoms with Gasteiger partial charge in [-0.2, -0.15) is 18.3 Å². The summed E-state index contributed by atoms with van der Waals surface area (Å²) in [5.74, 6) is -0.886. The van der Waals surface area contributed by atoms with Gasteiger partial charge in [-0.15, -0.1) is 10.2 Å². The highest BCUT2D eigenvalue weighted by atomic mass is 19.4. The lowest BCUT2D eigenvalue weighted by Gasteiger charge is -2.18. The van der Waals surface area contributed by atoms with E-state index in [4.69, 9.17) is 4.74 Å². The van der Waals surface area contributed by atoms with Gasteiger partial charge in [0, 0.05) is 32.1 Å². The lowest BCUT2D eigenvalue weighted by molar-refractivity contribution is -0.143. The van der Waals surface area contributed by atoms with Crippen LogP contribution in [0.15, 0.2) is 42.9 Å². The van der Waals surface area contributed by atoms with E-state index in [1.165, 1.54) is 32.5 Å². The number of nitrogens with zero attached hydrogens (tertiary/aromatic N) is 6. The molecule has 3 rings (SSSR count). The third-order valence-electron chi connectivity index (χ3n) is 3.81. The molecule has 0 saturated carbocycles. The summed E-state index contributed by atoms with van der Waals surface area (Å²) >= 11 is 0. The Balaban J connectivity index is 1.96. The number of carbonyl (C=O) groups is 1. The first kappa shape index (κ1) is 19.3. The summed E-state index contributed by atoms with van der Waals surface area (Å²) in [6.45, 7) is 0.0947. The summed E-state index contributed by atoms with van der Waals surface area (Å²) in [6, 6.07) is 6.01. The first-order valence-electron chi connectivity index (χ1n) is 7.99. The van der Waals surface area contributed by atoms with Crippen molar-refractivity contribution >= 4 is 5.91 Å². The number of carbonyl (C=O) groups excluding carboxylic acids is 1. The van der Waals surface area contributed by atoms with Crippen LogP contribution in [0, 0.1) is 0 Å². The molecule has 0 aliphatic rings. The number of amides is 1. The van der Waals surface area contributed by atoms with E-state index in [2.05, 4.69) is 20.3 Å². The molecule has 0 bridgehead atoms. The number of alkyl halides is 3. The van der Waals surface area contributed by atoms with Gasteiger partial charge in [-0.05, 0) is 17.7 Å². The normalized spacial score (nSPS) is 11.3. The predicted molar refractivity (Wildman–Crippen MR) is 90.7 cm³/mol. The Bertz CT molecular complexity index is 957. The van der Waals surface area contributed by atoms with Gasteiger partial charge >= 0.3 is 6.18 Å². The first-order chi connectivity index (χ1) is 13.3. The van der Waals surface area contributed by atoms with Crippen LogP contribution in [0.2, 0.25) is 0 Å². The second-order valence-electron chi connectivity index (χ2n) is 5.77. The van der Waals surface area contributed by atoms with Crippen LogP contribution >= 0.6 is 0 Å². The quantitative estimate of drug-likeness (QED) is 0.663. The smallest absolute Gasteiger partial charge is 0.434 e. The van der Waals surface area contributed by atoms with Crippen LogP contribution in [-0.2, 0) is 12.7 Å². The van der Waals surface area contributed by atoms with Gasteiger partial charge in [-0.3, -0.25) is 9.78 Å². The van der Waals surface area contributed by atoms with Crippen molar-refractivity contribution in [2.24, 2.45) is 0 Å².